The Morgan fingerprint density at radius 3 is 2.42 bits per heavy atom. The summed E-state index contributed by atoms with van der Waals surface area (Å²) in [6, 6.07) is 12.4. The standard InChI is InChI=1S/C16H17FN2O3S2/c1-2-12-7-9-13(10-8-12)24(21,22)19-18-16(20)11-23-15-6-4-3-5-14(15)17/h3-10,19H,2,11H2,1H3,(H,18,20). The van der Waals surface area contributed by atoms with Gasteiger partial charge >= 0.3 is 0 Å². The lowest BCUT2D eigenvalue weighted by molar-refractivity contribution is -0.119. The van der Waals surface area contributed by atoms with Crippen molar-refractivity contribution in [1.29, 1.82) is 0 Å². The van der Waals surface area contributed by atoms with Gasteiger partial charge in [0.15, 0.2) is 0 Å². The number of sulfonamides is 1. The molecule has 0 radical (unpaired) electrons. The second-order valence-corrected chi connectivity index (χ2v) is 7.57. The summed E-state index contributed by atoms with van der Waals surface area (Å²) in [7, 11) is -3.84. The molecule has 2 N–H and O–H groups in total. The zero-order chi connectivity index (χ0) is 17.6. The van der Waals surface area contributed by atoms with Gasteiger partial charge < -0.3 is 0 Å². The Balaban J connectivity index is 1.89. The van der Waals surface area contributed by atoms with E-state index in [1.54, 1.807) is 30.3 Å². The molecule has 2 aromatic carbocycles. The Morgan fingerprint density at radius 1 is 1.12 bits per heavy atom. The maximum Gasteiger partial charge on any atom is 0.257 e. The van der Waals surface area contributed by atoms with Crippen molar-refractivity contribution >= 4 is 27.7 Å². The Hall–Kier alpha value is -1.90. The molecular weight excluding hydrogens is 351 g/mol. The second kappa shape index (κ2) is 8.27. The quantitative estimate of drug-likeness (QED) is 0.582. The number of halogens is 1. The smallest absolute Gasteiger partial charge is 0.257 e. The fraction of sp³-hybridized carbons (Fsp3) is 0.188. The molecule has 0 fully saturated rings. The first-order valence-electron chi connectivity index (χ1n) is 7.19. The molecule has 8 heteroatoms. The average molecular weight is 368 g/mol. The summed E-state index contributed by atoms with van der Waals surface area (Å²) in [6.07, 6.45) is 0.803. The monoisotopic (exact) mass is 368 g/mol. The summed E-state index contributed by atoms with van der Waals surface area (Å²) in [5.41, 5.74) is 3.13. The number of hydrogen-bond donors (Lipinski definition) is 2. The van der Waals surface area contributed by atoms with Crippen molar-refractivity contribution in [1.82, 2.24) is 10.3 Å². The molecule has 0 unspecified atom stereocenters. The zero-order valence-corrected chi connectivity index (χ0v) is 14.6. The maximum atomic E-state index is 13.4. The fourth-order valence-corrected chi connectivity index (χ4v) is 3.43. The van der Waals surface area contributed by atoms with Crippen LogP contribution in [0.4, 0.5) is 4.39 Å². The zero-order valence-electron chi connectivity index (χ0n) is 13.0. The molecule has 0 aliphatic rings. The number of benzene rings is 2. The highest BCUT2D eigenvalue weighted by Crippen LogP contribution is 2.20. The second-order valence-electron chi connectivity index (χ2n) is 4.87. The van der Waals surface area contributed by atoms with Crippen molar-refractivity contribution in [3.8, 4) is 0 Å². The van der Waals surface area contributed by atoms with Gasteiger partial charge in [-0.1, -0.05) is 31.2 Å². The normalized spacial score (nSPS) is 11.2. The van der Waals surface area contributed by atoms with Crippen LogP contribution in [0.2, 0.25) is 0 Å². The summed E-state index contributed by atoms with van der Waals surface area (Å²) >= 11 is 0.985. The van der Waals surface area contributed by atoms with Crippen LogP contribution < -0.4 is 10.3 Å². The summed E-state index contributed by atoms with van der Waals surface area (Å²) in [6.45, 7) is 1.97. The van der Waals surface area contributed by atoms with Gasteiger partial charge in [-0.15, -0.1) is 16.6 Å². The van der Waals surface area contributed by atoms with Crippen molar-refractivity contribution < 1.29 is 17.6 Å². The van der Waals surface area contributed by atoms with Crippen LogP contribution >= 0.6 is 11.8 Å². The number of amides is 1. The number of thioether (sulfide) groups is 1. The Labute approximate surface area is 144 Å². The van der Waals surface area contributed by atoms with Gasteiger partial charge in [-0.2, -0.15) is 0 Å². The van der Waals surface area contributed by atoms with E-state index in [1.807, 2.05) is 11.8 Å². The molecular formula is C16H17FN2O3S2. The van der Waals surface area contributed by atoms with Gasteiger partial charge in [-0.05, 0) is 36.2 Å². The molecule has 1 amide bonds. The third-order valence-corrected chi connectivity index (χ3v) is 5.47. The molecule has 0 bridgehead atoms. The minimum atomic E-state index is -3.84. The van der Waals surface area contributed by atoms with Crippen LogP contribution in [-0.2, 0) is 21.2 Å². The van der Waals surface area contributed by atoms with Gasteiger partial charge in [0.25, 0.3) is 10.0 Å². The van der Waals surface area contributed by atoms with Gasteiger partial charge in [-0.3, -0.25) is 10.2 Å². The molecule has 0 atom stereocenters. The third-order valence-electron chi connectivity index (χ3n) is 3.16. The molecule has 24 heavy (non-hydrogen) atoms. The van der Waals surface area contributed by atoms with Crippen LogP contribution in [0, 0.1) is 5.82 Å². The Morgan fingerprint density at radius 2 is 1.79 bits per heavy atom. The van der Waals surface area contributed by atoms with Crippen LogP contribution in [0.25, 0.3) is 0 Å². The van der Waals surface area contributed by atoms with Crippen LogP contribution in [0.3, 0.4) is 0 Å². The number of hydrazine groups is 1. The van der Waals surface area contributed by atoms with E-state index in [0.29, 0.717) is 4.90 Å². The summed E-state index contributed by atoms with van der Waals surface area (Å²) in [4.78, 5) is 14.1. The molecule has 0 aliphatic carbocycles. The van der Waals surface area contributed by atoms with E-state index < -0.39 is 21.7 Å². The molecule has 0 spiro atoms. The highest BCUT2D eigenvalue weighted by Gasteiger charge is 2.15. The third kappa shape index (κ3) is 5.05. The highest BCUT2D eigenvalue weighted by atomic mass is 32.2. The van der Waals surface area contributed by atoms with Gasteiger partial charge in [-0.25, -0.2) is 12.8 Å². The van der Waals surface area contributed by atoms with Crippen LogP contribution in [0.15, 0.2) is 58.3 Å². The molecule has 2 rings (SSSR count). The maximum absolute atomic E-state index is 13.4. The number of nitrogens with one attached hydrogen (secondary N) is 2. The predicted octanol–water partition coefficient (Wildman–Crippen LogP) is 2.49. The van der Waals surface area contributed by atoms with Gasteiger partial charge in [0.05, 0.1) is 10.6 Å². The van der Waals surface area contributed by atoms with E-state index in [1.165, 1.54) is 18.2 Å². The SMILES string of the molecule is CCc1ccc(S(=O)(=O)NNC(=O)CSc2ccccc2F)cc1. The minimum Gasteiger partial charge on any atom is -0.277 e. The lowest BCUT2D eigenvalue weighted by atomic mass is 10.2. The molecule has 0 heterocycles. The van der Waals surface area contributed by atoms with E-state index in [2.05, 4.69) is 5.43 Å². The molecule has 2 aromatic rings. The number of aryl methyl sites for hydroxylation is 1. The summed E-state index contributed by atoms with van der Waals surface area (Å²) in [5, 5.41) is 0. The first kappa shape index (κ1) is 18.4. The van der Waals surface area contributed by atoms with Crippen LogP contribution in [-0.4, -0.2) is 20.1 Å². The van der Waals surface area contributed by atoms with E-state index in [-0.39, 0.29) is 10.6 Å². The highest BCUT2D eigenvalue weighted by molar-refractivity contribution is 8.00. The first-order valence-corrected chi connectivity index (χ1v) is 9.66. The van der Waals surface area contributed by atoms with Crippen molar-refractivity contribution in [2.24, 2.45) is 0 Å². The largest absolute Gasteiger partial charge is 0.277 e. The Kier molecular flexibility index (Phi) is 6.36. The topological polar surface area (TPSA) is 75.3 Å². The average Bonchev–Trinajstić information content (AvgIpc) is 2.59. The van der Waals surface area contributed by atoms with Gasteiger partial charge in [0.2, 0.25) is 5.91 Å². The molecule has 5 nitrogen and oxygen atoms in total. The molecule has 128 valence electrons. The number of hydrogen-bond acceptors (Lipinski definition) is 4. The fourth-order valence-electron chi connectivity index (χ4n) is 1.83. The number of carbonyl (C=O) groups is 1. The lowest BCUT2D eigenvalue weighted by Gasteiger charge is -2.09. The van der Waals surface area contributed by atoms with Crippen LogP contribution in [0.5, 0.6) is 0 Å². The molecule has 0 saturated carbocycles. The minimum absolute atomic E-state index is 0.0572. The predicted molar refractivity (Wildman–Crippen MR) is 91.4 cm³/mol. The van der Waals surface area contributed by atoms with Gasteiger partial charge in [0.1, 0.15) is 5.82 Å². The molecule has 0 aliphatic heterocycles. The van der Waals surface area contributed by atoms with Crippen molar-refractivity contribution in [2.45, 2.75) is 23.1 Å². The lowest BCUT2D eigenvalue weighted by Crippen LogP contribution is -2.42. The molecule has 0 saturated heterocycles. The van der Waals surface area contributed by atoms with Gasteiger partial charge in [0, 0.05) is 4.90 Å². The van der Waals surface area contributed by atoms with E-state index >= 15 is 0 Å². The van der Waals surface area contributed by atoms with Crippen LogP contribution in [0.1, 0.15) is 12.5 Å². The van der Waals surface area contributed by atoms with Crippen molar-refractivity contribution in [3.63, 3.8) is 0 Å². The summed E-state index contributed by atoms with van der Waals surface area (Å²) in [5.74, 6) is -1.11. The summed E-state index contributed by atoms with van der Waals surface area (Å²) < 4.78 is 37.6. The van der Waals surface area contributed by atoms with Crippen molar-refractivity contribution in [2.75, 3.05) is 5.75 Å². The van der Waals surface area contributed by atoms with E-state index in [9.17, 15) is 17.6 Å². The number of rotatable bonds is 7. The molecule has 0 aromatic heterocycles. The van der Waals surface area contributed by atoms with E-state index in [4.69, 9.17) is 0 Å². The van der Waals surface area contributed by atoms with Crippen molar-refractivity contribution in [3.05, 3.63) is 59.9 Å². The van der Waals surface area contributed by atoms with E-state index in [0.717, 1.165) is 23.7 Å². The first-order chi connectivity index (χ1) is 11.4. The number of carbonyl (C=O) groups excluding carboxylic acids is 1. The Bertz CT molecular complexity index is 808.